The second-order valence-electron chi connectivity index (χ2n) is 10.3. The van der Waals surface area contributed by atoms with Gasteiger partial charge >= 0.3 is 6.16 Å². The van der Waals surface area contributed by atoms with E-state index < -0.39 is 6.16 Å². The minimum Gasteiger partial charge on any atom is -0.437 e. The highest BCUT2D eigenvalue weighted by molar-refractivity contribution is 6.23. The smallest absolute Gasteiger partial charge is 0.437 e. The molecule has 0 radical (unpaired) electrons. The van der Waals surface area contributed by atoms with E-state index >= 15 is 0 Å². The first-order valence-electron chi connectivity index (χ1n) is 12.0. The molecule has 0 bridgehead atoms. The van der Waals surface area contributed by atoms with Gasteiger partial charge in [0.2, 0.25) is 5.91 Å². The minimum atomic E-state index is -0.824. The average Bonchev–Trinajstić information content (AvgIpc) is 3.54. The molecule has 2 aliphatic carbocycles. The zero-order valence-corrected chi connectivity index (χ0v) is 20.8. The summed E-state index contributed by atoms with van der Waals surface area (Å²) in [6.07, 6.45) is 3.36. The van der Waals surface area contributed by atoms with E-state index in [-0.39, 0.29) is 22.5 Å². The number of piperidine rings is 1. The third-order valence-corrected chi connectivity index (χ3v) is 7.68. The quantitative estimate of drug-likeness (QED) is 0.469. The molecule has 0 N–H and O–H groups in total. The summed E-state index contributed by atoms with van der Waals surface area (Å²) in [7, 11) is 1.26. The number of carbonyl (C=O) groups is 3. The molecule has 0 atom stereocenters. The van der Waals surface area contributed by atoms with Gasteiger partial charge in [-0.1, -0.05) is 12.8 Å². The van der Waals surface area contributed by atoms with Gasteiger partial charge in [-0.25, -0.2) is 4.79 Å². The van der Waals surface area contributed by atoms with Gasteiger partial charge in [0.25, 0.3) is 0 Å². The summed E-state index contributed by atoms with van der Waals surface area (Å²) in [5.74, 6) is 6.55. The van der Waals surface area contributed by atoms with Gasteiger partial charge in [0.05, 0.1) is 12.7 Å². The first kappa shape index (κ1) is 24.1. The predicted octanol–water partition coefficient (Wildman–Crippen LogP) is 4.94. The number of carbonyl (C=O) groups excluding carboxylic acids is 3. The van der Waals surface area contributed by atoms with E-state index in [4.69, 9.17) is 9.47 Å². The molecule has 1 saturated heterocycles. The van der Waals surface area contributed by atoms with E-state index in [2.05, 4.69) is 11.8 Å². The molecule has 1 amide bonds. The Labute approximate surface area is 201 Å². The van der Waals surface area contributed by atoms with E-state index in [0.29, 0.717) is 50.1 Å². The van der Waals surface area contributed by atoms with Gasteiger partial charge in [-0.15, -0.1) is 5.92 Å². The molecule has 2 fully saturated rings. The van der Waals surface area contributed by atoms with Gasteiger partial charge in [-0.3, -0.25) is 9.59 Å². The van der Waals surface area contributed by atoms with Crippen LogP contribution < -0.4 is 0 Å². The van der Waals surface area contributed by atoms with Crippen molar-refractivity contribution in [1.29, 1.82) is 0 Å². The van der Waals surface area contributed by atoms with Crippen molar-refractivity contribution >= 4 is 23.4 Å². The third-order valence-electron chi connectivity index (χ3n) is 7.68. The molecule has 1 aromatic rings. The average molecular weight is 464 g/mol. The topological polar surface area (TPSA) is 72.9 Å². The molecule has 1 aromatic carbocycles. The summed E-state index contributed by atoms with van der Waals surface area (Å²) in [4.78, 5) is 40.5. The molecule has 6 nitrogen and oxygen atoms in total. The van der Waals surface area contributed by atoms with Crippen LogP contribution in [-0.2, 0) is 19.1 Å². The number of amides is 1. The van der Waals surface area contributed by atoms with Crippen molar-refractivity contribution in [3.8, 4) is 11.8 Å². The Morgan fingerprint density at radius 2 is 1.65 bits per heavy atom. The van der Waals surface area contributed by atoms with Gasteiger partial charge in [0.15, 0.2) is 5.78 Å². The second-order valence-corrected chi connectivity index (χ2v) is 10.3. The summed E-state index contributed by atoms with van der Waals surface area (Å²) in [6, 6.07) is 3.92. The van der Waals surface area contributed by atoms with Crippen molar-refractivity contribution in [3.63, 3.8) is 0 Å². The van der Waals surface area contributed by atoms with Gasteiger partial charge in [-0.05, 0) is 80.7 Å². The number of rotatable bonds is 3. The summed E-state index contributed by atoms with van der Waals surface area (Å²) in [5, 5.41) is 0. The van der Waals surface area contributed by atoms with Gasteiger partial charge in [0.1, 0.15) is 5.76 Å². The normalized spacial score (nSPS) is 20.5. The Balaban J connectivity index is 1.67. The standard InChI is InChI=1S/C28H33NO5/c1-6-7-20-14-18(2)23(19(3)15-20)24-21(30)16-28(17-22(24)34-26(32)33-5)10-12-29(13-11-28)25(31)27(4)8-9-27/h14-15H,8-13,16-17H2,1-5H3. The molecular formula is C28H33NO5. The molecule has 180 valence electrons. The van der Waals surface area contributed by atoms with Gasteiger partial charge in [0, 0.05) is 36.9 Å². The van der Waals surface area contributed by atoms with Crippen LogP contribution in [0.15, 0.2) is 17.9 Å². The first-order chi connectivity index (χ1) is 16.1. The van der Waals surface area contributed by atoms with E-state index in [1.807, 2.05) is 37.8 Å². The van der Waals surface area contributed by atoms with Crippen LogP contribution in [-0.4, -0.2) is 42.9 Å². The molecule has 6 heteroatoms. The number of ether oxygens (including phenoxy) is 2. The fourth-order valence-electron chi connectivity index (χ4n) is 5.48. The van der Waals surface area contributed by atoms with Crippen LogP contribution in [0, 0.1) is 36.5 Å². The summed E-state index contributed by atoms with van der Waals surface area (Å²) >= 11 is 0. The number of likely N-dealkylation sites (tertiary alicyclic amines) is 1. The van der Waals surface area contributed by atoms with Crippen LogP contribution in [0.4, 0.5) is 4.79 Å². The maximum Gasteiger partial charge on any atom is 0.513 e. The molecule has 0 aromatic heterocycles. The fraction of sp³-hybridized carbons (Fsp3) is 0.536. The first-order valence-corrected chi connectivity index (χ1v) is 12.0. The third kappa shape index (κ3) is 4.49. The number of aryl methyl sites for hydroxylation is 2. The highest BCUT2D eigenvalue weighted by Gasteiger charge is 2.50. The van der Waals surface area contributed by atoms with Crippen molar-refractivity contribution in [2.45, 2.75) is 66.2 Å². The number of methoxy groups -OCH3 is 1. The van der Waals surface area contributed by atoms with E-state index in [9.17, 15) is 14.4 Å². The number of hydrogen-bond acceptors (Lipinski definition) is 5. The number of benzene rings is 1. The van der Waals surface area contributed by atoms with Crippen LogP contribution in [0.5, 0.6) is 0 Å². The van der Waals surface area contributed by atoms with Crippen LogP contribution >= 0.6 is 0 Å². The number of Topliss-reactive ketones (excluding diaryl/α,β-unsaturated/α-hetero) is 1. The Morgan fingerprint density at radius 1 is 1.03 bits per heavy atom. The highest BCUT2D eigenvalue weighted by Crippen LogP contribution is 2.51. The van der Waals surface area contributed by atoms with E-state index in [1.54, 1.807) is 6.92 Å². The number of allylic oxidation sites excluding steroid dienone is 2. The van der Waals surface area contributed by atoms with Crippen molar-refractivity contribution in [1.82, 2.24) is 4.90 Å². The molecule has 1 aliphatic heterocycles. The molecule has 0 unspecified atom stereocenters. The van der Waals surface area contributed by atoms with Crippen LogP contribution in [0.3, 0.4) is 0 Å². The zero-order chi connectivity index (χ0) is 24.7. The zero-order valence-electron chi connectivity index (χ0n) is 20.8. The highest BCUT2D eigenvalue weighted by atomic mass is 16.7. The SMILES string of the molecule is CC#Cc1cc(C)c(C2=C(OC(=O)OC)CC3(CCN(C(=O)C4(C)CC4)CC3)CC2=O)c(C)c1. The molecule has 1 heterocycles. The maximum atomic E-state index is 13.6. The van der Waals surface area contributed by atoms with Gasteiger partial charge < -0.3 is 14.4 Å². The van der Waals surface area contributed by atoms with Crippen LogP contribution in [0.2, 0.25) is 0 Å². The van der Waals surface area contributed by atoms with Crippen molar-refractivity contribution in [2.75, 3.05) is 20.2 Å². The summed E-state index contributed by atoms with van der Waals surface area (Å²) in [5.41, 5.74) is 3.48. The van der Waals surface area contributed by atoms with Gasteiger partial charge in [-0.2, -0.15) is 0 Å². The second kappa shape index (κ2) is 8.94. The van der Waals surface area contributed by atoms with Crippen molar-refractivity contribution in [3.05, 3.63) is 40.1 Å². The van der Waals surface area contributed by atoms with Crippen molar-refractivity contribution in [2.24, 2.45) is 10.8 Å². The monoisotopic (exact) mass is 463 g/mol. The number of hydrogen-bond donors (Lipinski definition) is 0. The van der Waals surface area contributed by atoms with Crippen molar-refractivity contribution < 1.29 is 23.9 Å². The Morgan fingerprint density at radius 3 is 2.18 bits per heavy atom. The predicted molar refractivity (Wildman–Crippen MR) is 129 cm³/mol. The molecular weight excluding hydrogens is 430 g/mol. The fourth-order valence-corrected chi connectivity index (χ4v) is 5.48. The molecule has 3 aliphatic rings. The lowest BCUT2D eigenvalue weighted by Gasteiger charge is -2.44. The van der Waals surface area contributed by atoms with E-state index in [0.717, 1.165) is 35.1 Å². The Hall–Kier alpha value is -3.07. The Bertz CT molecular complexity index is 1110. The number of ketones is 1. The lowest BCUT2D eigenvalue weighted by atomic mass is 9.66. The lowest BCUT2D eigenvalue weighted by molar-refractivity contribution is -0.139. The molecule has 34 heavy (non-hydrogen) atoms. The molecule has 4 rings (SSSR count). The summed E-state index contributed by atoms with van der Waals surface area (Å²) < 4.78 is 10.4. The van der Waals surface area contributed by atoms with Crippen LogP contribution in [0.25, 0.3) is 5.57 Å². The van der Waals surface area contributed by atoms with E-state index in [1.165, 1.54) is 7.11 Å². The molecule has 1 spiro atoms. The minimum absolute atomic E-state index is 0.0281. The lowest BCUT2D eigenvalue weighted by Crippen LogP contribution is -2.47. The summed E-state index contributed by atoms with van der Waals surface area (Å²) in [6.45, 7) is 8.98. The molecule has 1 saturated carbocycles. The van der Waals surface area contributed by atoms with Crippen LogP contribution in [0.1, 0.15) is 74.6 Å². The number of nitrogens with zero attached hydrogens (tertiary/aromatic N) is 1. The Kier molecular flexibility index (Phi) is 6.33. The maximum absolute atomic E-state index is 13.6. The largest absolute Gasteiger partial charge is 0.513 e.